The van der Waals surface area contributed by atoms with E-state index in [1.165, 1.54) is 0 Å². The first-order valence-electron chi connectivity index (χ1n) is 7.38. The van der Waals surface area contributed by atoms with Crippen molar-refractivity contribution in [3.8, 4) is 23.8 Å². The molecule has 0 heterocycles. The lowest BCUT2D eigenvalue weighted by molar-refractivity contribution is 0.473. The van der Waals surface area contributed by atoms with Gasteiger partial charge in [0.2, 0.25) is 0 Å². The fraction of sp³-hybridized carbons (Fsp3) is 0.150. The summed E-state index contributed by atoms with van der Waals surface area (Å²) < 4.78 is 40.0. The van der Waals surface area contributed by atoms with Gasteiger partial charge in [-0.1, -0.05) is 24.0 Å². The van der Waals surface area contributed by atoms with Crippen molar-refractivity contribution in [3.05, 3.63) is 70.3 Å². The maximum atomic E-state index is 13.9. The van der Waals surface area contributed by atoms with E-state index in [2.05, 4.69) is 41.0 Å². The molecule has 0 atom stereocenters. The van der Waals surface area contributed by atoms with Crippen LogP contribution in [0.5, 0.6) is 0 Å². The summed E-state index contributed by atoms with van der Waals surface area (Å²) in [6.45, 7) is -0.350. The Labute approximate surface area is 149 Å². The van der Waals surface area contributed by atoms with Crippen molar-refractivity contribution in [1.29, 1.82) is 0 Å². The van der Waals surface area contributed by atoms with Gasteiger partial charge in [-0.25, -0.2) is 8.78 Å². The van der Waals surface area contributed by atoms with Crippen LogP contribution < -0.4 is 0 Å². The second kappa shape index (κ2) is 9.45. The first-order valence-corrected chi connectivity index (χ1v) is 7.78. The highest BCUT2D eigenvalue weighted by Gasteiger charge is 2.08. The SMILES string of the molecule is FCCCc1ccc(C#Cc2cc(F)c(C#CN=C=S)c(F)c2)cc1. The third-order valence-corrected chi connectivity index (χ3v) is 3.32. The molecule has 0 N–H and O–H groups in total. The van der Waals surface area contributed by atoms with Crippen molar-refractivity contribution in [3.63, 3.8) is 0 Å². The van der Waals surface area contributed by atoms with Gasteiger partial charge in [-0.2, -0.15) is 0 Å². The summed E-state index contributed by atoms with van der Waals surface area (Å²) in [4.78, 5) is 3.29. The van der Waals surface area contributed by atoms with Crippen LogP contribution in [0.25, 0.3) is 0 Å². The average molecular weight is 355 g/mol. The Morgan fingerprint density at radius 1 is 0.920 bits per heavy atom. The number of aryl methyl sites for hydroxylation is 1. The molecule has 0 saturated carbocycles. The molecular formula is C20H12F3NS. The molecule has 124 valence electrons. The predicted octanol–water partition coefficient (Wildman–Crippen LogP) is 4.68. The third-order valence-electron chi connectivity index (χ3n) is 3.23. The van der Waals surface area contributed by atoms with Gasteiger partial charge in [-0.15, -0.1) is 4.99 Å². The zero-order chi connectivity index (χ0) is 18.1. The highest BCUT2D eigenvalue weighted by molar-refractivity contribution is 7.78. The molecule has 2 rings (SSSR count). The quantitative estimate of drug-likeness (QED) is 0.442. The zero-order valence-corrected chi connectivity index (χ0v) is 13.9. The van der Waals surface area contributed by atoms with E-state index in [9.17, 15) is 13.2 Å². The van der Waals surface area contributed by atoms with Crippen LogP contribution in [0, 0.1) is 35.4 Å². The highest BCUT2D eigenvalue weighted by atomic mass is 32.1. The Bertz CT molecular complexity index is 898. The normalized spacial score (nSPS) is 9.24. The summed E-state index contributed by atoms with van der Waals surface area (Å²) in [7, 11) is 0. The molecule has 25 heavy (non-hydrogen) atoms. The Morgan fingerprint density at radius 3 is 2.16 bits per heavy atom. The molecule has 0 radical (unpaired) electrons. The number of alkyl halides is 1. The average Bonchev–Trinajstić information content (AvgIpc) is 2.61. The first-order chi connectivity index (χ1) is 12.1. The number of nitrogens with zero attached hydrogens (tertiary/aromatic N) is 1. The largest absolute Gasteiger partial charge is 0.251 e. The van der Waals surface area contributed by atoms with Gasteiger partial charge in [0.05, 0.1) is 23.4 Å². The Kier molecular flexibility index (Phi) is 6.99. The van der Waals surface area contributed by atoms with Crippen LogP contribution in [0.1, 0.15) is 28.7 Å². The molecule has 0 aliphatic rings. The van der Waals surface area contributed by atoms with E-state index in [-0.39, 0.29) is 12.2 Å². The van der Waals surface area contributed by atoms with Crippen LogP contribution in [0.15, 0.2) is 41.4 Å². The lowest BCUT2D eigenvalue weighted by atomic mass is 10.1. The van der Waals surface area contributed by atoms with Crippen molar-refractivity contribution in [2.45, 2.75) is 12.8 Å². The monoisotopic (exact) mass is 355 g/mol. The second-order valence-electron chi connectivity index (χ2n) is 4.99. The van der Waals surface area contributed by atoms with Crippen LogP contribution in [0.2, 0.25) is 0 Å². The van der Waals surface area contributed by atoms with Crippen LogP contribution in [0.3, 0.4) is 0 Å². The number of benzene rings is 2. The molecule has 0 spiro atoms. The Morgan fingerprint density at radius 2 is 1.56 bits per heavy atom. The van der Waals surface area contributed by atoms with Crippen molar-refractivity contribution >= 4 is 17.4 Å². The number of aliphatic imine (C=N–C) groups is 1. The molecule has 2 aromatic rings. The summed E-state index contributed by atoms with van der Waals surface area (Å²) in [6.07, 6.45) is 1.14. The predicted molar refractivity (Wildman–Crippen MR) is 95.0 cm³/mol. The summed E-state index contributed by atoms with van der Waals surface area (Å²) in [5.74, 6) is 6.14. The molecule has 0 unspecified atom stereocenters. The molecular weight excluding hydrogens is 343 g/mol. The van der Waals surface area contributed by atoms with Gasteiger partial charge in [0.1, 0.15) is 11.6 Å². The third kappa shape index (κ3) is 5.62. The molecule has 1 nitrogen and oxygen atoms in total. The van der Waals surface area contributed by atoms with Crippen LogP contribution in [-0.2, 0) is 6.42 Å². The number of rotatable bonds is 3. The van der Waals surface area contributed by atoms with Gasteiger partial charge < -0.3 is 0 Å². The number of isothiocyanates is 1. The molecule has 2 aromatic carbocycles. The van der Waals surface area contributed by atoms with Crippen LogP contribution >= 0.6 is 12.2 Å². The number of thiocarbonyl (C=S) groups is 1. The van der Waals surface area contributed by atoms with E-state index in [0.717, 1.165) is 17.7 Å². The van der Waals surface area contributed by atoms with Crippen LogP contribution in [0.4, 0.5) is 13.2 Å². The van der Waals surface area contributed by atoms with E-state index < -0.39 is 17.2 Å². The van der Waals surface area contributed by atoms with E-state index in [1.54, 1.807) is 12.1 Å². The topological polar surface area (TPSA) is 12.4 Å². The molecule has 0 fully saturated rings. The maximum absolute atomic E-state index is 13.9. The minimum atomic E-state index is -0.821. The standard InChI is InChI=1S/C20H12F3NS/c21-10-1-2-15-3-5-16(6-4-15)7-8-17-12-19(22)18(20(23)13-17)9-11-24-14-25/h3-6,12-13H,1-2,10H2. The summed E-state index contributed by atoms with van der Waals surface area (Å²) >= 11 is 4.32. The van der Waals surface area contributed by atoms with Gasteiger partial charge in [-0.3, -0.25) is 4.39 Å². The van der Waals surface area contributed by atoms with Crippen LogP contribution in [-0.4, -0.2) is 11.8 Å². The Balaban J connectivity index is 2.20. The Hall–Kier alpha value is -2.85. The molecule has 0 amide bonds. The molecule has 0 aliphatic carbocycles. The minimum absolute atomic E-state index is 0.195. The molecule has 0 aromatic heterocycles. The molecule has 0 bridgehead atoms. The molecule has 0 saturated heterocycles. The maximum Gasteiger partial charge on any atom is 0.143 e. The minimum Gasteiger partial charge on any atom is -0.251 e. The second-order valence-corrected chi connectivity index (χ2v) is 5.18. The fourth-order valence-corrected chi connectivity index (χ4v) is 2.09. The van der Waals surface area contributed by atoms with Crippen molar-refractivity contribution in [2.24, 2.45) is 4.99 Å². The number of halogens is 3. The van der Waals surface area contributed by atoms with Gasteiger partial charge in [0.25, 0.3) is 0 Å². The fourth-order valence-electron chi connectivity index (χ4n) is 2.04. The van der Waals surface area contributed by atoms with Gasteiger partial charge in [-0.05, 0) is 60.8 Å². The number of hydrogen-bond donors (Lipinski definition) is 0. The summed E-state index contributed by atoms with van der Waals surface area (Å²) in [6, 6.07) is 11.7. The van der Waals surface area contributed by atoms with E-state index in [0.29, 0.717) is 18.4 Å². The van der Waals surface area contributed by atoms with E-state index in [4.69, 9.17) is 0 Å². The van der Waals surface area contributed by atoms with Gasteiger partial charge >= 0.3 is 0 Å². The molecule has 0 aliphatic heterocycles. The molecule has 5 heteroatoms. The first kappa shape index (κ1) is 18.5. The van der Waals surface area contributed by atoms with Crippen molar-refractivity contribution in [1.82, 2.24) is 0 Å². The van der Waals surface area contributed by atoms with E-state index in [1.807, 2.05) is 17.3 Å². The lowest BCUT2D eigenvalue weighted by Crippen LogP contribution is -1.92. The smallest absolute Gasteiger partial charge is 0.143 e. The van der Waals surface area contributed by atoms with Crippen molar-refractivity contribution in [2.75, 3.05) is 6.67 Å². The van der Waals surface area contributed by atoms with Gasteiger partial charge in [0, 0.05) is 11.1 Å². The van der Waals surface area contributed by atoms with E-state index >= 15 is 0 Å². The number of hydrogen-bond acceptors (Lipinski definition) is 2. The zero-order valence-electron chi connectivity index (χ0n) is 13.1. The van der Waals surface area contributed by atoms with Crippen molar-refractivity contribution < 1.29 is 13.2 Å². The van der Waals surface area contributed by atoms with Gasteiger partial charge in [0.15, 0.2) is 0 Å². The summed E-state index contributed by atoms with van der Waals surface area (Å²) in [5, 5.41) is 1.99. The summed E-state index contributed by atoms with van der Waals surface area (Å²) in [5.41, 5.74) is 1.52. The lowest BCUT2D eigenvalue weighted by Gasteiger charge is -1.99. The highest BCUT2D eigenvalue weighted by Crippen LogP contribution is 2.14.